The summed E-state index contributed by atoms with van der Waals surface area (Å²) in [7, 11) is 0. The van der Waals surface area contributed by atoms with E-state index in [0.29, 0.717) is 29.6 Å². The lowest BCUT2D eigenvalue weighted by Gasteiger charge is -2.28. The van der Waals surface area contributed by atoms with Gasteiger partial charge in [-0.05, 0) is 25.1 Å². The van der Waals surface area contributed by atoms with Gasteiger partial charge in [-0.2, -0.15) is 0 Å². The summed E-state index contributed by atoms with van der Waals surface area (Å²) in [6.07, 6.45) is -0.542. The van der Waals surface area contributed by atoms with Crippen molar-refractivity contribution in [3.05, 3.63) is 23.2 Å². The number of nitrogens with two attached hydrogens (primary N) is 1. The van der Waals surface area contributed by atoms with Gasteiger partial charge in [-0.15, -0.1) is 0 Å². The fourth-order valence-electron chi connectivity index (χ4n) is 1.51. The van der Waals surface area contributed by atoms with Crippen LogP contribution in [0.1, 0.15) is 6.92 Å². The highest BCUT2D eigenvalue weighted by Gasteiger charge is 2.25. The van der Waals surface area contributed by atoms with Gasteiger partial charge in [0.1, 0.15) is 12.2 Å². The first-order valence-corrected chi connectivity index (χ1v) is 6.03. The second-order valence-electron chi connectivity index (χ2n) is 4.17. The van der Waals surface area contributed by atoms with E-state index in [1.165, 1.54) is 0 Å². The zero-order chi connectivity index (χ0) is 13.1. The summed E-state index contributed by atoms with van der Waals surface area (Å²) in [6.45, 7) is 2.78. The Morgan fingerprint density at radius 3 is 2.89 bits per heavy atom. The summed E-state index contributed by atoms with van der Waals surface area (Å²) in [4.78, 5) is 11.9. The molecule has 0 aliphatic carbocycles. The maximum absolute atomic E-state index is 11.9. The van der Waals surface area contributed by atoms with Gasteiger partial charge in [-0.25, -0.2) is 0 Å². The van der Waals surface area contributed by atoms with E-state index in [2.05, 4.69) is 5.32 Å². The van der Waals surface area contributed by atoms with Crippen molar-refractivity contribution in [2.24, 2.45) is 0 Å². The number of nitrogens with one attached hydrogen (secondary N) is 1. The summed E-state index contributed by atoms with van der Waals surface area (Å²) < 4.78 is 10.5. The van der Waals surface area contributed by atoms with Crippen molar-refractivity contribution < 1.29 is 14.3 Å². The molecular weight excluding hydrogens is 256 g/mol. The topological polar surface area (TPSA) is 73.6 Å². The second-order valence-corrected chi connectivity index (χ2v) is 4.57. The summed E-state index contributed by atoms with van der Waals surface area (Å²) >= 11 is 5.97. The Hall–Kier alpha value is -1.30. The molecule has 1 fully saturated rings. The monoisotopic (exact) mass is 270 g/mol. The van der Waals surface area contributed by atoms with Crippen LogP contribution in [0.3, 0.4) is 0 Å². The lowest BCUT2D eigenvalue weighted by Crippen LogP contribution is -2.41. The molecule has 1 aliphatic rings. The van der Waals surface area contributed by atoms with Crippen molar-refractivity contribution >= 4 is 28.9 Å². The Kier molecular flexibility index (Phi) is 4.06. The standard InChI is InChI=1S/C12H15ClN2O3/c1-7(18-9-5-17-6-9)12(16)15-11-3-2-8(14)4-10(11)13/h2-4,7,9H,5-6,14H2,1H3,(H,15,16). The number of nitrogen functional groups attached to an aromatic ring is 1. The first kappa shape index (κ1) is 13.1. The second kappa shape index (κ2) is 5.56. The van der Waals surface area contributed by atoms with Crippen molar-refractivity contribution in [3.63, 3.8) is 0 Å². The van der Waals surface area contributed by atoms with Crippen molar-refractivity contribution in [1.82, 2.24) is 0 Å². The van der Waals surface area contributed by atoms with E-state index in [1.807, 2.05) is 0 Å². The minimum absolute atomic E-state index is 0.00707. The van der Waals surface area contributed by atoms with Crippen molar-refractivity contribution in [3.8, 4) is 0 Å². The van der Waals surface area contributed by atoms with Gasteiger partial charge in [0.15, 0.2) is 0 Å². The summed E-state index contributed by atoms with van der Waals surface area (Å²) in [5.41, 5.74) is 6.65. The first-order valence-electron chi connectivity index (χ1n) is 5.65. The first-order chi connectivity index (χ1) is 8.56. The normalized spacial score (nSPS) is 17.0. The van der Waals surface area contributed by atoms with Gasteiger partial charge in [-0.1, -0.05) is 11.6 Å². The maximum Gasteiger partial charge on any atom is 0.253 e. The summed E-state index contributed by atoms with van der Waals surface area (Å²) in [6, 6.07) is 4.92. The molecule has 5 nitrogen and oxygen atoms in total. The third kappa shape index (κ3) is 3.13. The van der Waals surface area contributed by atoms with Crippen LogP contribution in [-0.2, 0) is 14.3 Å². The fraction of sp³-hybridized carbons (Fsp3) is 0.417. The number of anilines is 2. The Balaban J connectivity index is 1.92. The highest BCUT2D eigenvalue weighted by molar-refractivity contribution is 6.34. The third-order valence-corrected chi connectivity index (χ3v) is 2.94. The number of carbonyl (C=O) groups excluding carboxylic acids is 1. The zero-order valence-corrected chi connectivity index (χ0v) is 10.7. The Labute approximate surface area is 110 Å². The van der Waals surface area contributed by atoms with Gasteiger partial charge in [0, 0.05) is 5.69 Å². The molecule has 1 saturated heterocycles. The van der Waals surface area contributed by atoms with Crippen LogP contribution in [0.15, 0.2) is 18.2 Å². The number of benzene rings is 1. The van der Waals surface area contributed by atoms with Crippen molar-refractivity contribution in [2.45, 2.75) is 19.1 Å². The molecule has 0 aromatic heterocycles. The van der Waals surface area contributed by atoms with Crippen LogP contribution in [0.5, 0.6) is 0 Å². The SMILES string of the molecule is CC(OC1COC1)C(=O)Nc1ccc(N)cc1Cl. The summed E-state index contributed by atoms with van der Waals surface area (Å²) in [5, 5.41) is 3.10. The third-order valence-electron chi connectivity index (χ3n) is 2.62. The molecule has 98 valence electrons. The Bertz CT molecular complexity index is 449. The molecule has 0 bridgehead atoms. The average molecular weight is 271 g/mol. The quantitative estimate of drug-likeness (QED) is 0.816. The van der Waals surface area contributed by atoms with Gasteiger partial charge in [0.25, 0.3) is 5.91 Å². The van der Waals surface area contributed by atoms with E-state index in [0.717, 1.165) is 0 Å². The van der Waals surface area contributed by atoms with Gasteiger partial charge >= 0.3 is 0 Å². The number of hydrogen-bond donors (Lipinski definition) is 2. The number of hydrogen-bond acceptors (Lipinski definition) is 4. The predicted molar refractivity (Wildman–Crippen MR) is 69.6 cm³/mol. The van der Waals surface area contributed by atoms with Crippen LogP contribution in [0.2, 0.25) is 5.02 Å². The molecule has 1 amide bonds. The van der Waals surface area contributed by atoms with E-state index in [9.17, 15) is 4.79 Å². The molecule has 1 heterocycles. The minimum atomic E-state index is -0.549. The molecular formula is C12H15ClN2O3. The van der Waals surface area contributed by atoms with Crippen molar-refractivity contribution in [1.29, 1.82) is 0 Å². The largest absolute Gasteiger partial charge is 0.399 e. The number of halogens is 1. The molecule has 18 heavy (non-hydrogen) atoms. The molecule has 1 aromatic rings. The van der Waals surface area contributed by atoms with Gasteiger partial charge in [0.05, 0.1) is 23.9 Å². The lowest BCUT2D eigenvalue weighted by atomic mass is 10.2. The van der Waals surface area contributed by atoms with E-state index in [4.69, 9.17) is 26.8 Å². The highest BCUT2D eigenvalue weighted by atomic mass is 35.5. The molecule has 2 rings (SSSR count). The zero-order valence-electron chi connectivity index (χ0n) is 9.98. The van der Waals surface area contributed by atoms with E-state index in [1.54, 1.807) is 25.1 Å². The Morgan fingerprint density at radius 2 is 2.33 bits per heavy atom. The van der Waals surface area contributed by atoms with Crippen LogP contribution in [0, 0.1) is 0 Å². The molecule has 0 saturated carbocycles. The van der Waals surface area contributed by atoms with E-state index < -0.39 is 6.10 Å². The molecule has 1 aliphatic heterocycles. The van der Waals surface area contributed by atoms with Gasteiger partial charge in [0.2, 0.25) is 0 Å². The minimum Gasteiger partial charge on any atom is -0.399 e. The van der Waals surface area contributed by atoms with Crippen molar-refractivity contribution in [2.75, 3.05) is 24.3 Å². The molecule has 0 spiro atoms. The Morgan fingerprint density at radius 1 is 1.61 bits per heavy atom. The van der Waals surface area contributed by atoms with Crippen LogP contribution >= 0.6 is 11.6 Å². The van der Waals surface area contributed by atoms with Crippen LogP contribution in [-0.4, -0.2) is 31.3 Å². The number of rotatable bonds is 4. The molecule has 0 radical (unpaired) electrons. The number of ether oxygens (including phenoxy) is 2. The van der Waals surface area contributed by atoms with Crippen LogP contribution < -0.4 is 11.1 Å². The number of carbonyl (C=O) groups is 1. The number of amides is 1. The molecule has 1 unspecified atom stereocenters. The van der Waals surface area contributed by atoms with E-state index in [-0.39, 0.29) is 12.0 Å². The van der Waals surface area contributed by atoms with Gasteiger partial charge in [-0.3, -0.25) is 4.79 Å². The molecule has 3 N–H and O–H groups in total. The summed E-state index contributed by atoms with van der Waals surface area (Å²) in [5.74, 6) is -0.242. The predicted octanol–water partition coefficient (Wildman–Crippen LogP) is 1.66. The fourth-order valence-corrected chi connectivity index (χ4v) is 1.75. The highest BCUT2D eigenvalue weighted by Crippen LogP contribution is 2.24. The molecule has 1 aromatic carbocycles. The van der Waals surface area contributed by atoms with Gasteiger partial charge < -0.3 is 20.5 Å². The molecule has 1 atom stereocenters. The van der Waals surface area contributed by atoms with Crippen LogP contribution in [0.4, 0.5) is 11.4 Å². The molecule has 6 heteroatoms. The van der Waals surface area contributed by atoms with Crippen LogP contribution in [0.25, 0.3) is 0 Å². The lowest BCUT2D eigenvalue weighted by molar-refractivity contribution is -0.161. The smallest absolute Gasteiger partial charge is 0.253 e. The average Bonchev–Trinajstić information content (AvgIpc) is 2.27. The van der Waals surface area contributed by atoms with E-state index >= 15 is 0 Å². The maximum atomic E-state index is 11.9.